The Bertz CT molecular complexity index is 900. The Morgan fingerprint density at radius 3 is 2.41 bits per heavy atom. The molecular weight excluding hydrogens is 364 g/mol. The molecule has 2 heterocycles. The third-order valence-corrected chi connectivity index (χ3v) is 5.11. The average Bonchev–Trinajstić information content (AvgIpc) is 3.37. The third kappa shape index (κ3) is 5.06. The highest BCUT2D eigenvalue weighted by atomic mass is 32.1. The first-order valence-corrected chi connectivity index (χ1v) is 9.26. The molecule has 0 fully saturated rings. The fourth-order valence-corrected chi connectivity index (χ4v) is 3.39. The van der Waals surface area contributed by atoms with Gasteiger partial charge < -0.3 is 20.2 Å². The molecule has 0 saturated carbocycles. The molecule has 0 spiro atoms. The summed E-state index contributed by atoms with van der Waals surface area (Å²) in [6, 6.07) is 14.7. The van der Waals surface area contributed by atoms with Crippen LogP contribution in [0.25, 0.3) is 0 Å². The maximum absolute atomic E-state index is 11.9. The largest absolute Gasteiger partial charge is 0.466 e. The summed E-state index contributed by atoms with van der Waals surface area (Å²) in [6.07, 6.45) is 0.662. The predicted octanol–water partition coefficient (Wildman–Crippen LogP) is 2.66. The van der Waals surface area contributed by atoms with Crippen LogP contribution in [0.1, 0.15) is 32.7 Å². The van der Waals surface area contributed by atoms with E-state index in [1.807, 2.05) is 31.2 Å². The van der Waals surface area contributed by atoms with Crippen molar-refractivity contribution in [3.63, 3.8) is 0 Å². The normalized spacial score (nSPS) is 11.8. The van der Waals surface area contributed by atoms with E-state index in [2.05, 4.69) is 10.6 Å². The minimum absolute atomic E-state index is 0.215. The summed E-state index contributed by atoms with van der Waals surface area (Å²) in [4.78, 5) is 25.4. The Labute approximate surface area is 160 Å². The van der Waals surface area contributed by atoms with E-state index >= 15 is 0 Å². The Balaban J connectivity index is 1.47. The maximum atomic E-state index is 11.9. The summed E-state index contributed by atoms with van der Waals surface area (Å²) in [5, 5.41) is 15.4. The van der Waals surface area contributed by atoms with Crippen LogP contribution in [0.15, 0.2) is 59.2 Å². The number of hydrogen-bond acceptors (Lipinski definition) is 5. The van der Waals surface area contributed by atoms with Gasteiger partial charge in [0, 0.05) is 16.3 Å². The molecule has 0 aliphatic heterocycles. The van der Waals surface area contributed by atoms with Gasteiger partial charge in [-0.05, 0) is 36.8 Å². The van der Waals surface area contributed by atoms with Crippen LogP contribution in [-0.2, 0) is 22.7 Å². The van der Waals surface area contributed by atoms with Crippen molar-refractivity contribution in [2.45, 2.75) is 26.1 Å². The molecule has 2 aromatic heterocycles. The van der Waals surface area contributed by atoms with Crippen molar-refractivity contribution in [1.29, 1.82) is 0 Å². The van der Waals surface area contributed by atoms with Crippen molar-refractivity contribution in [1.82, 2.24) is 10.6 Å². The van der Waals surface area contributed by atoms with Crippen LogP contribution >= 0.6 is 11.3 Å². The molecule has 0 aliphatic rings. The standard InChI is InChI=1S/C20H20N2O4S/c1-13-4-6-14(7-5-13)11-21-19(24)20(25)22-12-15-8-9-17(27-15)18(23)16-3-2-10-26-16/h2-10,18,23H,11-12H2,1H3,(H,21,24)(H,22,25). The van der Waals surface area contributed by atoms with Crippen LogP contribution in [0.3, 0.4) is 0 Å². The van der Waals surface area contributed by atoms with Crippen molar-refractivity contribution in [3.8, 4) is 0 Å². The first kappa shape index (κ1) is 18.9. The first-order chi connectivity index (χ1) is 13.0. The van der Waals surface area contributed by atoms with Crippen molar-refractivity contribution in [2.24, 2.45) is 0 Å². The van der Waals surface area contributed by atoms with E-state index in [4.69, 9.17) is 4.42 Å². The number of carbonyl (C=O) groups is 2. The zero-order chi connectivity index (χ0) is 19.2. The maximum Gasteiger partial charge on any atom is 0.309 e. The fourth-order valence-electron chi connectivity index (χ4n) is 2.44. The zero-order valence-corrected chi connectivity index (χ0v) is 15.6. The topological polar surface area (TPSA) is 91.6 Å². The minimum Gasteiger partial charge on any atom is -0.466 e. The van der Waals surface area contributed by atoms with Gasteiger partial charge in [-0.2, -0.15) is 0 Å². The van der Waals surface area contributed by atoms with E-state index in [1.54, 1.807) is 24.3 Å². The second kappa shape index (κ2) is 8.66. The Morgan fingerprint density at radius 2 is 1.74 bits per heavy atom. The molecule has 6 nitrogen and oxygen atoms in total. The molecule has 7 heteroatoms. The molecule has 2 amide bonds. The number of aliphatic hydroxyl groups is 1. The van der Waals surface area contributed by atoms with Crippen LogP contribution in [0.2, 0.25) is 0 Å². The number of aliphatic hydroxyl groups excluding tert-OH is 1. The molecule has 27 heavy (non-hydrogen) atoms. The summed E-state index contributed by atoms with van der Waals surface area (Å²) in [7, 11) is 0. The second-order valence-electron chi connectivity index (χ2n) is 6.07. The third-order valence-electron chi connectivity index (χ3n) is 3.97. The van der Waals surface area contributed by atoms with E-state index in [0.29, 0.717) is 17.2 Å². The van der Waals surface area contributed by atoms with Gasteiger partial charge in [0.1, 0.15) is 11.9 Å². The second-order valence-corrected chi connectivity index (χ2v) is 7.27. The van der Waals surface area contributed by atoms with Crippen molar-refractivity contribution < 1.29 is 19.1 Å². The van der Waals surface area contributed by atoms with E-state index < -0.39 is 17.9 Å². The molecule has 0 aliphatic carbocycles. The van der Waals surface area contributed by atoms with Gasteiger partial charge in [-0.25, -0.2) is 0 Å². The highest BCUT2D eigenvalue weighted by molar-refractivity contribution is 7.12. The first-order valence-electron chi connectivity index (χ1n) is 8.44. The lowest BCUT2D eigenvalue weighted by atomic mass is 10.1. The number of rotatable bonds is 6. The van der Waals surface area contributed by atoms with E-state index in [1.165, 1.54) is 17.6 Å². The monoisotopic (exact) mass is 384 g/mol. The number of hydrogen-bond donors (Lipinski definition) is 3. The lowest BCUT2D eigenvalue weighted by molar-refractivity contribution is -0.139. The number of amides is 2. The minimum atomic E-state index is -0.841. The SMILES string of the molecule is Cc1ccc(CNC(=O)C(=O)NCc2ccc(C(O)c3ccco3)s2)cc1. The molecule has 0 saturated heterocycles. The number of aryl methyl sites for hydroxylation is 1. The summed E-state index contributed by atoms with van der Waals surface area (Å²) in [5.41, 5.74) is 2.06. The quantitative estimate of drug-likeness (QED) is 0.570. The average molecular weight is 384 g/mol. The Hall–Kier alpha value is -2.90. The molecule has 1 unspecified atom stereocenters. The van der Waals surface area contributed by atoms with Crippen LogP contribution in [-0.4, -0.2) is 16.9 Å². The van der Waals surface area contributed by atoms with Gasteiger partial charge in [0.15, 0.2) is 0 Å². The van der Waals surface area contributed by atoms with Gasteiger partial charge in [0.25, 0.3) is 0 Å². The molecule has 3 rings (SSSR count). The number of thiophene rings is 1. The van der Waals surface area contributed by atoms with E-state index in [0.717, 1.165) is 16.0 Å². The smallest absolute Gasteiger partial charge is 0.309 e. The lowest BCUT2D eigenvalue weighted by Crippen LogP contribution is -2.39. The number of furan rings is 1. The van der Waals surface area contributed by atoms with Gasteiger partial charge in [-0.15, -0.1) is 11.3 Å². The van der Waals surface area contributed by atoms with Crippen LogP contribution < -0.4 is 10.6 Å². The molecule has 3 aromatic rings. The Kier molecular flexibility index (Phi) is 6.05. The van der Waals surface area contributed by atoms with Gasteiger partial charge in [-0.1, -0.05) is 29.8 Å². The molecule has 1 atom stereocenters. The van der Waals surface area contributed by atoms with Gasteiger partial charge in [-0.3, -0.25) is 9.59 Å². The summed E-state index contributed by atoms with van der Waals surface area (Å²) < 4.78 is 5.19. The van der Waals surface area contributed by atoms with Crippen molar-refractivity contribution in [3.05, 3.63) is 81.4 Å². The molecule has 3 N–H and O–H groups in total. The number of carbonyl (C=O) groups excluding carboxylic acids is 2. The number of nitrogens with one attached hydrogen (secondary N) is 2. The zero-order valence-electron chi connectivity index (χ0n) is 14.8. The molecular formula is C20H20N2O4S. The van der Waals surface area contributed by atoms with Crippen LogP contribution in [0.5, 0.6) is 0 Å². The van der Waals surface area contributed by atoms with Crippen LogP contribution in [0, 0.1) is 6.92 Å². The van der Waals surface area contributed by atoms with Crippen molar-refractivity contribution in [2.75, 3.05) is 0 Å². The molecule has 140 valence electrons. The van der Waals surface area contributed by atoms with E-state index in [9.17, 15) is 14.7 Å². The van der Waals surface area contributed by atoms with Gasteiger partial charge in [0.05, 0.1) is 12.8 Å². The van der Waals surface area contributed by atoms with Gasteiger partial charge in [0.2, 0.25) is 0 Å². The summed E-state index contributed by atoms with van der Waals surface area (Å²) in [6.45, 7) is 2.50. The molecule has 0 bridgehead atoms. The highest BCUT2D eigenvalue weighted by Gasteiger charge is 2.17. The fraction of sp³-hybridized carbons (Fsp3) is 0.200. The molecule has 1 aromatic carbocycles. The Morgan fingerprint density at radius 1 is 1.04 bits per heavy atom. The van der Waals surface area contributed by atoms with Gasteiger partial charge >= 0.3 is 11.8 Å². The lowest BCUT2D eigenvalue weighted by Gasteiger charge is -2.06. The summed E-state index contributed by atoms with van der Waals surface area (Å²) >= 11 is 1.35. The van der Waals surface area contributed by atoms with Crippen molar-refractivity contribution >= 4 is 23.2 Å². The summed E-state index contributed by atoms with van der Waals surface area (Å²) in [5.74, 6) is -0.908. The number of benzene rings is 1. The molecule has 0 radical (unpaired) electrons. The highest BCUT2D eigenvalue weighted by Crippen LogP contribution is 2.28. The predicted molar refractivity (Wildman–Crippen MR) is 102 cm³/mol. The van der Waals surface area contributed by atoms with Crippen LogP contribution in [0.4, 0.5) is 0 Å². The van der Waals surface area contributed by atoms with E-state index in [-0.39, 0.29) is 6.54 Å².